The van der Waals surface area contributed by atoms with Crippen LogP contribution in [0.3, 0.4) is 0 Å². The van der Waals surface area contributed by atoms with Gasteiger partial charge >= 0.3 is 6.01 Å². The van der Waals surface area contributed by atoms with Crippen molar-refractivity contribution in [1.82, 2.24) is 29.7 Å². The Balaban J connectivity index is 1.55. The molecular formula is C23H26N8O3. The maximum absolute atomic E-state index is 13.4. The smallest absolute Gasteiger partial charge is 0.316 e. The first-order valence-corrected chi connectivity index (χ1v) is 11.0. The molecule has 11 heteroatoms. The standard InChI is InChI=1S/C23H26N8O3/c1-13-10-30(8-7-24-13)17-6-5-15(19-16(17)9-25-23(29-19)34-4)21(32)27-18-12-31-11-14(2)26-20(31)22(28-18)33-3/h5-6,9,11-13,24H,7-8,10H2,1-4H3,(H,27,32). The molecule has 3 aromatic heterocycles. The summed E-state index contributed by atoms with van der Waals surface area (Å²) in [5, 5.41) is 7.10. The summed E-state index contributed by atoms with van der Waals surface area (Å²) in [6.07, 6.45) is 5.25. The molecule has 0 aliphatic carbocycles. The number of methoxy groups -OCH3 is 2. The molecule has 1 atom stereocenters. The highest BCUT2D eigenvalue weighted by Crippen LogP contribution is 2.30. The quantitative estimate of drug-likeness (QED) is 0.459. The number of carbonyl (C=O) groups is 1. The molecule has 0 bridgehead atoms. The van der Waals surface area contributed by atoms with Crippen LogP contribution in [-0.2, 0) is 0 Å². The van der Waals surface area contributed by atoms with Crippen LogP contribution in [0.15, 0.2) is 30.7 Å². The van der Waals surface area contributed by atoms with E-state index in [1.54, 1.807) is 22.9 Å². The van der Waals surface area contributed by atoms with E-state index in [1.165, 1.54) is 14.2 Å². The molecule has 0 radical (unpaired) electrons. The second-order valence-electron chi connectivity index (χ2n) is 8.26. The summed E-state index contributed by atoms with van der Waals surface area (Å²) < 4.78 is 12.4. The van der Waals surface area contributed by atoms with Crippen molar-refractivity contribution in [2.45, 2.75) is 19.9 Å². The number of piperazine rings is 1. The van der Waals surface area contributed by atoms with Crippen molar-refractivity contribution >= 4 is 34.0 Å². The monoisotopic (exact) mass is 462 g/mol. The zero-order valence-electron chi connectivity index (χ0n) is 19.5. The fourth-order valence-electron chi connectivity index (χ4n) is 4.27. The second-order valence-corrected chi connectivity index (χ2v) is 8.26. The lowest BCUT2D eigenvalue weighted by Crippen LogP contribution is -2.49. The van der Waals surface area contributed by atoms with Gasteiger partial charge in [0.15, 0.2) is 5.82 Å². The lowest BCUT2D eigenvalue weighted by atomic mass is 10.1. The van der Waals surface area contributed by atoms with Gasteiger partial charge < -0.3 is 25.0 Å². The highest BCUT2D eigenvalue weighted by molar-refractivity contribution is 6.13. The van der Waals surface area contributed by atoms with Crippen molar-refractivity contribution in [2.75, 3.05) is 44.1 Å². The number of imidazole rings is 1. The van der Waals surface area contributed by atoms with E-state index in [1.807, 2.05) is 19.2 Å². The molecule has 4 heterocycles. The largest absolute Gasteiger partial charge is 0.478 e. The number of aromatic nitrogens is 5. The Kier molecular flexibility index (Phi) is 5.62. The predicted octanol–water partition coefficient (Wildman–Crippen LogP) is 2.05. The maximum Gasteiger partial charge on any atom is 0.316 e. The van der Waals surface area contributed by atoms with E-state index in [-0.39, 0.29) is 11.9 Å². The van der Waals surface area contributed by atoms with E-state index >= 15 is 0 Å². The van der Waals surface area contributed by atoms with Crippen LogP contribution in [0.5, 0.6) is 11.9 Å². The first kappa shape index (κ1) is 21.8. The fraction of sp³-hybridized carbons (Fsp3) is 0.348. The van der Waals surface area contributed by atoms with Gasteiger partial charge in [0.1, 0.15) is 0 Å². The zero-order chi connectivity index (χ0) is 23.8. The number of carbonyl (C=O) groups excluding carboxylic acids is 1. The summed E-state index contributed by atoms with van der Waals surface area (Å²) >= 11 is 0. The number of nitrogens with one attached hydrogen (secondary N) is 2. The van der Waals surface area contributed by atoms with E-state index < -0.39 is 0 Å². The van der Waals surface area contributed by atoms with Gasteiger partial charge in [-0.25, -0.2) is 9.97 Å². The van der Waals surface area contributed by atoms with Gasteiger partial charge in [-0.05, 0) is 26.0 Å². The number of fused-ring (bicyclic) bond motifs is 2. The number of anilines is 2. The summed E-state index contributed by atoms with van der Waals surface area (Å²) in [5.74, 6) is 0.306. The van der Waals surface area contributed by atoms with Crippen molar-refractivity contribution in [1.29, 1.82) is 0 Å². The van der Waals surface area contributed by atoms with Crippen molar-refractivity contribution in [3.05, 3.63) is 42.0 Å². The number of benzene rings is 1. The third kappa shape index (κ3) is 3.94. The normalized spacial score (nSPS) is 16.1. The minimum absolute atomic E-state index is 0.197. The molecule has 0 saturated carbocycles. The first-order valence-electron chi connectivity index (χ1n) is 11.0. The lowest BCUT2D eigenvalue weighted by Gasteiger charge is -2.34. The first-order chi connectivity index (χ1) is 16.5. The molecule has 1 aromatic carbocycles. The topological polar surface area (TPSA) is 119 Å². The molecule has 1 saturated heterocycles. The van der Waals surface area contributed by atoms with Gasteiger partial charge in [-0.1, -0.05) is 0 Å². The summed E-state index contributed by atoms with van der Waals surface area (Å²) in [7, 11) is 3.02. The van der Waals surface area contributed by atoms with Crippen LogP contribution < -0.4 is 25.0 Å². The summed E-state index contributed by atoms with van der Waals surface area (Å²) in [6, 6.07) is 4.28. The molecule has 1 aliphatic rings. The molecular weight excluding hydrogens is 436 g/mol. The minimum Gasteiger partial charge on any atom is -0.478 e. The van der Waals surface area contributed by atoms with Gasteiger partial charge in [0, 0.05) is 49.1 Å². The molecule has 1 aliphatic heterocycles. The number of hydrogen-bond donors (Lipinski definition) is 2. The Morgan fingerprint density at radius 1 is 1.18 bits per heavy atom. The summed E-state index contributed by atoms with van der Waals surface area (Å²) in [6.45, 7) is 6.61. The third-order valence-corrected chi connectivity index (χ3v) is 5.80. The number of aryl methyl sites for hydroxylation is 1. The fourth-order valence-corrected chi connectivity index (χ4v) is 4.27. The van der Waals surface area contributed by atoms with E-state index in [2.05, 4.69) is 42.4 Å². The molecule has 1 unspecified atom stereocenters. The molecule has 5 rings (SSSR count). The van der Waals surface area contributed by atoms with Crippen LogP contribution in [0.1, 0.15) is 23.0 Å². The molecule has 2 N–H and O–H groups in total. The SMILES string of the molecule is COc1ncc2c(N3CCNC(C)C3)ccc(C(=O)Nc3cn4cc(C)nc4c(OC)n3)c2n1. The molecule has 0 spiro atoms. The number of rotatable bonds is 5. The molecule has 1 amide bonds. The summed E-state index contributed by atoms with van der Waals surface area (Å²) in [4.78, 5) is 33.3. The zero-order valence-corrected chi connectivity index (χ0v) is 19.5. The number of ether oxygens (including phenoxy) is 2. The lowest BCUT2D eigenvalue weighted by molar-refractivity contribution is 0.102. The Bertz CT molecular complexity index is 1390. The molecule has 34 heavy (non-hydrogen) atoms. The number of nitrogens with zero attached hydrogens (tertiary/aromatic N) is 6. The minimum atomic E-state index is -0.350. The van der Waals surface area contributed by atoms with Crippen LogP contribution >= 0.6 is 0 Å². The van der Waals surface area contributed by atoms with E-state index in [0.29, 0.717) is 34.5 Å². The van der Waals surface area contributed by atoms with Crippen molar-refractivity contribution < 1.29 is 14.3 Å². The Morgan fingerprint density at radius 3 is 2.79 bits per heavy atom. The Labute approximate surface area is 196 Å². The average molecular weight is 463 g/mol. The van der Waals surface area contributed by atoms with Crippen LogP contribution in [0.4, 0.5) is 11.5 Å². The van der Waals surface area contributed by atoms with Crippen molar-refractivity contribution in [3.63, 3.8) is 0 Å². The van der Waals surface area contributed by atoms with Crippen LogP contribution in [0.2, 0.25) is 0 Å². The highest BCUT2D eigenvalue weighted by atomic mass is 16.5. The predicted molar refractivity (Wildman–Crippen MR) is 128 cm³/mol. The average Bonchev–Trinajstić information content (AvgIpc) is 3.22. The van der Waals surface area contributed by atoms with E-state index in [0.717, 1.165) is 36.4 Å². The third-order valence-electron chi connectivity index (χ3n) is 5.80. The highest BCUT2D eigenvalue weighted by Gasteiger charge is 2.22. The molecule has 176 valence electrons. The van der Waals surface area contributed by atoms with Crippen LogP contribution in [-0.4, -0.2) is 70.1 Å². The van der Waals surface area contributed by atoms with Gasteiger partial charge in [0.05, 0.1) is 37.2 Å². The molecule has 1 fully saturated rings. The molecule has 4 aromatic rings. The van der Waals surface area contributed by atoms with E-state index in [9.17, 15) is 4.79 Å². The number of hydrogen-bond acceptors (Lipinski definition) is 9. The van der Waals surface area contributed by atoms with Gasteiger partial charge in [0.2, 0.25) is 5.65 Å². The Hall–Kier alpha value is -3.99. The Morgan fingerprint density at radius 2 is 2.03 bits per heavy atom. The van der Waals surface area contributed by atoms with Gasteiger partial charge in [-0.15, -0.1) is 0 Å². The maximum atomic E-state index is 13.4. The van der Waals surface area contributed by atoms with Gasteiger partial charge in [-0.3, -0.25) is 9.20 Å². The van der Waals surface area contributed by atoms with Gasteiger partial charge in [-0.2, -0.15) is 9.97 Å². The van der Waals surface area contributed by atoms with Crippen molar-refractivity contribution in [2.24, 2.45) is 0 Å². The summed E-state index contributed by atoms with van der Waals surface area (Å²) in [5.41, 5.74) is 3.29. The van der Waals surface area contributed by atoms with Gasteiger partial charge in [0.25, 0.3) is 11.8 Å². The van der Waals surface area contributed by atoms with Crippen LogP contribution in [0.25, 0.3) is 16.6 Å². The molecule has 11 nitrogen and oxygen atoms in total. The second kappa shape index (κ2) is 8.75. The van der Waals surface area contributed by atoms with Crippen LogP contribution in [0, 0.1) is 6.92 Å². The number of amides is 1. The van der Waals surface area contributed by atoms with Crippen molar-refractivity contribution in [3.8, 4) is 11.9 Å². The van der Waals surface area contributed by atoms with E-state index in [4.69, 9.17) is 9.47 Å².